The molecule has 21 heavy (non-hydrogen) atoms. The Morgan fingerprint density at radius 3 is 2.95 bits per heavy atom. The van der Waals surface area contributed by atoms with Gasteiger partial charge in [-0.25, -0.2) is 0 Å². The molecule has 2 heterocycles. The summed E-state index contributed by atoms with van der Waals surface area (Å²) in [6.45, 7) is 3.93. The van der Waals surface area contributed by atoms with Gasteiger partial charge in [-0.05, 0) is 32.0 Å². The zero-order chi connectivity index (χ0) is 14.5. The van der Waals surface area contributed by atoms with Crippen LogP contribution >= 0.6 is 0 Å². The van der Waals surface area contributed by atoms with E-state index in [1.54, 1.807) is 0 Å². The number of ether oxygens (including phenoxy) is 1. The Morgan fingerprint density at radius 2 is 2.14 bits per heavy atom. The average Bonchev–Trinajstić information content (AvgIpc) is 2.94. The van der Waals surface area contributed by atoms with Crippen molar-refractivity contribution in [2.24, 2.45) is 5.92 Å². The van der Waals surface area contributed by atoms with Gasteiger partial charge in [0.25, 0.3) is 0 Å². The number of rotatable bonds is 5. The van der Waals surface area contributed by atoms with Crippen molar-refractivity contribution in [2.75, 3.05) is 26.7 Å². The number of hydrogen-bond donors (Lipinski definition) is 0. The first-order valence-electron chi connectivity index (χ1n) is 7.67. The van der Waals surface area contributed by atoms with E-state index in [0.29, 0.717) is 5.92 Å². The van der Waals surface area contributed by atoms with Crippen molar-refractivity contribution in [3.63, 3.8) is 0 Å². The third-order valence-electron chi connectivity index (χ3n) is 4.00. The van der Waals surface area contributed by atoms with Gasteiger partial charge < -0.3 is 9.64 Å². The Hall–Kier alpha value is -1.81. The summed E-state index contributed by atoms with van der Waals surface area (Å²) < 4.78 is 7.83. The van der Waals surface area contributed by atoms with Crippen molar-refractivity contribution < 1.29 is 4.74 Å². The molecule has 1 aliphatic rings. The van der Waals surface area contributed by atoms with Crippen molar-refractivity contribution in [1.82, 2.24) is 14.7 Å². The zero-order valence-electron chi connectivity index (χ0n) is 12.6. The van der Waals surface area contributed by atoms with Gasteiger partial charge in [0.2, 0.25) is 0 Å². The summed E-state index contributed by atoms with van der Waals surface area (Å²) in [5, 5.41) is 4.37. The topological polar surface area (TPSA) is 30.3 Å². The van der Waals surface area contributed by atoms with Crippen LogP contribution in [0.25, 0.3) is 0 Å². The molecule has 4 nitrogen and oxygen atoms in total. The van der Waals surface area contributed by atoms with Crippen LogP contribution in [0.1, 0.15) is 18.4 Å². The van der Waals surface area contributed by atoms with Crippen LogP contribution in [0.15, 0.2) is 42.7 Å². The van der Waals surface area contributed by atoms with Gasteiger partial charge >= 0.3 is 0 Å². The lowest BCUT2D eigenvalue weighted by Crippen LogP contribution is -2.34. The molecule has 0 saturated carbocycles. The maximum absolute atomic E-state index is 5.90. The van der Waals surface area contributed by atoms with Gasteiger partial charge in [-0.2, -0.15) is 5.10 Å². The normalized spacial score (nSPS) is 19.6. The lowest BCUT2D eigenvalue weighted by Gasteiger charge is -2.29. The molecule has 1 atom stereocenters. The van der Waals surface area contributed by atoms with Crippen LogP contribution in [0.5, 0.6) is 5.75 Å². The fourth-order valence-corrected chi connectivity index (χ4v) is 2.90. The van der Waals surface area contributed by atoms with Crippen LogP contribution in [0.3, 0.4) is 0 Å². The van der Waals surface area contributed by atoms with Crippen molar-refractivity contribution in [1.29, 1.82) is 0 Å². The molecule has 0 bridgehead atoms. The fraction of sp³-hybridized carbons (Fsp3) is 0.471. The molecule has 1 unspecified atom stereocenters. The Kier molecular flexibility index (Phi) is 4.55. The predicted octanol–water partition coefficient (Wildman–Crippen LogP) is 2.65. The highest BCUT2D eigenvalue weighted by molar-refractivity contribution is 5.17. The fourth-order valence-electron chi connectivity index (χ4n) is 2.90. The van der Waals surface area contributed by atoms with E-state index >= 15 is 0 Å². The molecule has 3 rings (SSSR count). The third-order valence-corrected chi connectivity index (χ3v) is 4.00. The number of aromatic nitrogens is 2. The quantitative estimate of drug-likeness (QED) is 0.846. The summed E-state index contributed by atoms with van der Waals surface area (Å²) in [6, 6.07) is 10.4. The molecule has 0 amide bonds. The Balaban J connectivity index is 1.51. The molecule has 0 aliphatic carbocycles. The van der Waals surface area contributed by atoms with Gasteiger partial charge in [0, 0.05) is 12.5 Å². The van der Waals surface area contributed by atoms with E-state index < -0.39 is 0 Å². The minimum absolute atomic E-state index is 0.640. The Bertz CT molecular complexity index is 552. The first-order valence-corrected chi connectivity index (χ1v) is 7.67. The highest BCUT2D eigenvalue weighted by Crippen LogP contribution is 2.17. The number of piperidine rings is 1. The summed E-state index contributed by atoms with van der Waals surface area (Å²) >= 11 is 0. The number of nitrogens with zero attached hydrogens (tertiary/aromatic N) is 3. The summed E-state index contributed by atoms with van der Waals surface area (Å²) in [7, 11) is 2.18. The van der Waals surface area contributed by atoms with E-state index in [-0.39, 0.29) is 0 Å². The van der Waals surface area contributed by atoms with Crippen molar-refractivity contribution in [3.05, 3.63) is 48.3 Å². The van der Waals surface area contributed by atoms with Crippen molar-refractivity contribution >= 4 is 0 Å². The number of benzene rings is 1. The number of hydrogen-bond acceptors (Lipinski definition) is 3. The molecule has 0 radical (unpaired) electrons. The van der Waals surface area contributed by atoms with Gasteiger partial charge in [0.15, 0.2) is 5.75 Å². The second-order valence-electron chi connectivity index (χ2n) is 5.94. The Morgan fingerprint density at radius 1 is 1.29 bits per heavy atom. The van der Waals surface area contributed by atoms with E-state index in [2.05, 4.69) is 41.3 Å². The molecule has 1 aromatic heterocycles. The van der Waals surface area contributed by atoms with Crippen LogP contribution in [0.4, 0.5) is 0 Å². The number of likely N-dealkylation sites (tertiary alicyclic amines) is 1. The summed E-state index contributed by atoms with van der Waals surface area (Å²) in [5.74, 6) is 1.51. The SMILES string of the molecule is CN1CCCC(COc2cnn(Cc3ccccc3)c2)C1. The summed E-state index contributed by atoms with van der Waals surface area (Å²) in [4.78, 5) is 2.39. The minimum atomic E-state index is 0.640. The minimum Gasteiger partial charge on any atom is -0.490 e. The summed E-state index contributed by atoms with van der Waals surface area (Å²) in [6.07, 6.45) is 6.34. The molecular formula is C17H23N3O. The molecule has 2 aromatic rings. The first-order chi connectivity index (χ1) is 10.3. The molecule has 4 heteroatoms. The maximum atomic E-state index is 5.90. The molecule has 112 valence electrons. The van der Waals surface area contributed by atoms with Gasteiger partial charge in [-0.3, -0.25) is 4.68 Å². The second-order valence-corrected chi connectivity index (χ2v) is 5.94. The van der Waals surface area contributed by atoms with Gasteiger partial charge in [0.1, 0.15) is 0 Å². The predicted molar refractivity (Wildman–Crippen MR) is 83.5 cm³/mol. The Labute approximate surface area is 126 Å². The lowest BCUT2D eigenvalue weighted by atomic mass is 10.00. The van der Waals surface area contributed by atoms with Gasteiger partial charge in [-0.15, -0.1) is 0 Å². The van der Waals surface area contributed by atoms with E-state index in [4.69, 9.17) is 4.74 Å². The molecule has 1 aliphatic heterocycles. The molecule has 0 N–H and O–H groups in total. The maximum Gasteiger partial charge on any atom is 0.157 e. The smallest absolute Gasteiger partial charge is 0.157 e. The molecule has 1 aromatic carbocycles. The van der Waals surface area contributed by atoms with E-state index in [0.717, 1.165) is 25.4 Å². The molecule has 1 saturated heterocycles. The average molecular weight is 285 g/mol. The standard InChI is InChI=1S/C17H23N3O/c1-19-9-5-8-16(11-19)14-21-17-10-18-20(13-17)12-15-6-3-2-4-7-15/h2-4,6-7,10,13,16H,5,8-9,11-12,14H2,1H3. The van der Waals surface area contributed by atoms with E-state index in [9.17, 15) is 0 Å². The van der Waals surface area contributed by atoms with Crippen LogP contribution in [0.2, 0.25) is 0 Å². The largest absolute Gasteiger partial charge is 0.490 e. The third kappa shape index (κ3) is 4.08. The van der Waals surface area contributed by atoms with Gasteiger partial charge in [0.05, 0.1) is 25.5 Å². The molecule has 0 spiro atoms. The van der Waals surface area contributed by atoms with E-state index in [1.807, 2.05) is 23.1 Å². The first kappa shape index (κ1) is 14.1. The van der Waals surface area contributed by atoms with Crippen LogP contribution in [-0.4, -0.2) is 41.4 Å². The molecular weight excluding hydrogens is 262 g/mol. The highest BCUT2D eigenvalue weighted by Gasteiger charge is 2.17. The lowest BCUT2D eigenvalue weighted by molar-refractivity contribution is 0.150. The monoisotopic (exact) mass is 285 g/mol. The van der Waals surface area contributed by atoms with Gasteiger partial charge in [-0.1, -0.05) is 30.3 Å². The van der Waals surface area contributed by atoms with Crippen LogP contribution < -0.4 is 4.74 Å². The van der Waals surface area contributed by atoms with E-state index in [1.165, 1.54) is 24.9 Å². The molecule has 1 fully saturated rings. The van der Waals surface area contributed by atoms with Crippen LogP contribution in [0, 0.1) is 5.92 Å². The second kappa shape index (κ2) is 6.76. The van der Waals surface area contributed by atoms with Crippen LogP contribution in [-0.2, 0) is 6.54 Å². The zero-order valence-corrected chi connectivity index (χ0v) is 12.6. The highest BCUT2D eigenvalue weighted by atomic mass is 16.5. The van der Waals surface area contributed by atoms with Crippen molar-refractivity contribution in [3.8, 4) is 5.75 Å². The summed E-state index contributed by atoms with van der Waals surface area (Å²) in [5.41, 5.74) is 1.25. The van der Waals surface area contributed by atoms with Crippen molar-refractivity contribution in [2.45, 2.75) is 19.4 Å².